The summed E-state index contributed by atoms with van der Waals surface area (Å²) in [6.45, 7) is 6.74. The monoisotopic (exact) mass is 255 g/mol. The molecular weight excluding hydrogens is 238 g/mol. The number of hydrogen-bond acceptors (Lipinski definition) is 4. The second-order valence-electron chi connectivity index (χ2n) is 4.71. The molecule has 0 amide bonds. The van der Waals surface area contributed by atoms with E-state index >= 15 is 0 Å². The Bertz CT molecular complexity index is 607. The summed E-state index contributed by atoms with van der Waals surface area (Å²) < 4.78 is 1.89. The zero-order chi connectivity index (χ0) is 13.8. The lowest BCUT2D eigenvalue weighted by atomic mass is 10.1. The lowest BCUT2D eigenvalue weighted by Gasteiger charge is -2.12. The molecule has 19 heavy (non-hydrogen) atoms. The number of aromatic nitrogens is 3. The number of hydrogen-bond donors (Lipinski definition) is 1. The van der Waals surface area contributed by atoms with Gasteiger partial charge in [-0.05, 0) is 38.5 Å². The molecule has 5 nitrogen and oxygen atoms in total. The molecule has 0 aliphatic heterocycles. The molecule has 1 aromatic carbocycles. The molecule has 98 valence electrons. The molecule has 1 aromatic heterocycles. The number of nitrogens with zero attached hydrogens (tertiary/aromatic N) is 4. The van der Waals surface area contributed by atoms with Crippen molar-refractivity contribution in [1.82, 2.24) is 14.8 Å². The first-order valence-electron chi connectivity index (χ1n) is 6.25. The molecule has 0 atom stereocenters. The Morgan fingerprint density at radius 1 is 1.42 bits per heavy atom. The van der Waals surface area contributed by atoms with Crippen LogP contribution in [0.2, 0.25) is 0 Å². The Morgan fingerprint density at radius 2 is 2.21 bits per heavy atom. The molecule has 0 aliphatic carbocycles. The van der Waals surface area contributed by atoms with E-state index in [0.717, 1.165) is 17.1 Å². The van der Waals surface area contributed by atoms with Crippen LogP contribution in [-0.4, -0.2) is 14.8 Å². The Balaban J connectivity index is 2.15. The van der Waals surface area contributed by atoms with Crippen molar-refractivity contribution in [1.29, 1.82) is 5.26 Å². The van der Waals surface area contributed by atoms with Gasteiger partial charge in [0.05, 0.1) is 18.2 Å². The predicted molar refractivity (Wildman–Crippen MR) is 73.6 cm³/mol. The van der Waals surface area contributed by atoms with Crippen LogP contribution in [0.25, 0.3) is 0 Å². The summed E-state index contributed by atoms with van der Waals surface area (Å²) in [5, 5.41) is 16.4. The summed E-state index contributed by atoms with van der Waals surface area (Å²) in [5.74, 6) is 0.886. The van der Waals surface area contributed by atoms with E-state index in [1.54, 1.807) is 6.33 Å². The molecule has 0 aliphatic rings. The molecule has 1 N–H and O–H groups in total. The fourth-order valence-electron chi connectivity index (χ4n) is 1.89. The van der Waals surface area contributed by atoms with Crippen LogP contribution < -0.4 is 5.32 Å². The van der Waals surface area contributed by atoms with E-state index in [9.17, 15) is 0 Å². The van der Waals surface area contributed by atoms with Crippen molar-refractivity contribution in [2.75, 3.05) is 5.32 Å². The van der Waals surface area contributed by atoms with E-state index < -0.39 is 0 Å². The van der Waals surface area contributed by atoms with Gasteiger partial charge < -0.3 is 5.32 Å². The van der Waals surface area contributed by atoms with Crippen LogP contribution >= 0.6 is 0 Å². The molecule has 2 rings (SSSR count). The molecule has 0 saturated carbocycles. The van der Waals surface area contributed by atoms with Crippen LogP contribution in [0.4, 0.5) is 5.69 Å². The van der Waals surface area contributed by atoms with Gasteiger partial charge in [0, 0.05) is 11.7 Å². The van der Waals surface area contributed by atoms with Crippen LogP contribution in [0.1, 0.15) is 36.8 Å². The molecule has 0 saturated heterocycles. The largest absolute Gasteiger partial charge is 0.378 e. The highest BCUT2D eigenvalue weighted by Crippen LogP contribution is 2.17. The van der Waals surface area contributed by atoms with E-state index in [4.69, 9.17) is 5.26 Å². The van der Waals surface area contributed by atoms with Crippen molar-refractivity contribution < 1.29 is 0 Å². The normalized spacial score (nSPS) is 10.5. The quantitative estimate of drug-likeness (QED) is 0.912. The lowest BCUT2D eigenvalue weighted by Crippen LogP contribution is -2.12. The van der Waals surface area contributed by atoms with Gasteiger partial charge in [0.15, 0.2) is 0 Å². The molecule has 5 heteroatoms. The number of anilines is 1. The van der Waals surface area contributed by atoms with Crippen molar-refractivity contribution in [3.63, 3.8) is 0 Å². The summed E-state index contributed by atoms with van der Waals surface area (Å²) in [7, 11) is 0. The average Bonchev–Trinajstić information content (AvgIpc) is 2.86. The summed E-state index contributed by atoms with van der Waals surface area (Å²) in [6.07, 6.45) is 1.57. The highest BCUT2D eigenvalue weighted by atomic mass is 15.4. The predicted octanol–water partition coefficient (Wildman–Crippen LogP) is 2.65. The van der Waals surface area contributed by atoms with E-state index in [1.807, 2.05) is 29.8 Å². The number of nitriles is 1. The van der Waals surface area contributed by atoms with Gasteiger partial charge in [0.2, 0.25) is 0 Å². The van der Waals surface area contributed by atoms with Gasteiger partial charge in [-0.15, -0.1) is 0 Å². The number of nitrogens with one attached hydrogen (secondary N) is 1. The van der Waals surface area contributed by atoms with Crippen LogP contribution in [-0.2, 0) is 6.54 Å². The van der Waals surface area contributed by atoms with Gasteiger partial charge in [-0.3, -0.25) is 0 Å². The smallest absolute Gasteiger partial charge is 0.146 e. The highest BCUT2D eigenvalue weighted by Gasteiger charge is 2.08. The Labute approximate surface area is 112 Å². The van der Waals surface area contributed by atoms with Crippen LogP contribution in [0.3, 0.4) is 0 Å². The highest BCUT2D eigenvalue weighted by molar-refractivity contribution is 5.55. The minimum atomic E-state index is 0.283. The van der Waals surface area contributed by atoms with Gasteiger partial charge in [-0.1, -0.05) is 6.07 Å². The zero-order valence-corrected chi connectivity index (χ0v) is 11.4. The van der Waals surface area contributed by atoms with Crippen molar-refractivity contribution in [2.24, 2.45) is 0 Å². The standard InChI is InChI=1S/C14H17N5/c1-10(2)19-14(17-9-18-19)8-16-13-6-12(7-15)5-4-11(13)3/h4-6,9-10,16H,8H2,1-3H3. The van der Waals surface area contributed by atoms with E-state index in [2.05, 4.69) is 35.3 Å². The SMILES string of the molecule is Cc1ccc(C#N)cc1NCc1ncnn1C(C)C. The second-order valence-corrected chi connectivity index (χ2v) is 4.71. The van der Waals surface area contributed by atoms with Crippen molar-refractivity contribution in [3.05, 3.63) is 41.5 Å². The van der Waals surface area contributed by atoms with Crippen LogP contribution in [0, 0.1) is 18.3 Å². The van der Waals surface area contributed by atoms with Crippen LogP contribution in [0.5, 0.6) is 0 Å². The van der Waals surface area contributed by atoms with Gasteiger partial charge in [-0.25, -0.2) is 9.67 Å². The van der Waals surface area contributed by atoms with Crippen molar-refractivity contribution in [2.45, 2.75) is 33.4 Å². The van der Waals surface area contributed by atoms with Gasteiger partial charge in [0.1, 0.15) is 12.2 Å². The molecule has 0 unspecified atom stereocenters. The number of benzene rings is 1. The summed E-state index contributed by atoms with van der Waals surface area (Å²) >= 11 is 0. The molecule has 0 spiro atoms. The lowest BCUT2D eigenvalue weighted by molar-refractivity contribution is 0.509. The first kappa shape index (κ1) is 13.1. The maximum atomic E-state index is 8.92. The summed E-state index contributed by atoms with van der Waals surface area (Å²) in [5.41, 5.74) is 2.71. The fraction of sp³-hybridized carbons (Fsp3) is 0.357. The second kappa shape index (κ2) is 5.53. The maximum Gasteiger partial charge on any atom is 0.146 e. The summed E-state index contributed by atoms with van der Waals surface area (Å²) in [6, 6.07) is 8.04. The molecule has 1 heterocycles. The van der Waals surface area contributed by atoms with Crippen molar-refractivity contribution in [3.8, 4) is 6.07 Å². The van der Waals surface area contributed by atoms with Crippen molar-refractivity contribution >= 4 is 5.69 Å². The molecule has 0 fully saturated rings. The topological polar surface area (TPSA) is 66.5 Å². The fourth-order valence-corrected chi connectivity index (χ4v) is 1.89. The van der Waals surface area contributed by atoms with Crippen LogP contribution in [0.15, 0.2) is 24.5 Å². The third-order valence-corrected chi connectivity index (χ3v) is 2.94. The first-order valence-corrected chi connectivity index (χ1v) is 6.25. The van der Waals surface area contributed by atoms with E-state index in [-0.39, 0.29) is 6.04 Å². The van der Waals surface area contributed by atoms with E-state index in [1.165, 1.54) is 0 Å². The molecule has 0 radical (unpaired) electrons. The maximum absolute atomic E-state index is 8.92. The molecule has 0 bridgehead atoms. The van der Waals surface area contributed by atoms with Gasteiger partial charge in [0.25, 0.3) is 0 Å². The first-order chi connectivity index (χ1) is 9.11. The Morgan fingerprint density at radius 3 is 2.89 bits per heavy atom. The summed E-state index contributed by atoms with van der Waals surface area (Å²) in [4.78, 5) is 4.25. The number of aryl methyl sites for hydroxylation is 1. The number of rotatable bonds is 4. The Kier molecular flexibility index (Phi) is 3.81. The minimum absolute atomic E-state index is 0.283. The molecule has 2 aromatic rings. The minimum Gasteiger partial charge on any atom is -0.378 e. The van der Waals surface area contributed by atoms with Gasteiger partial charge in [-0.2, -0.15) is 10.4 Å². The Hall–Kier alpha value is -2.35. The van der Waals surface area contributed by atoms with E-state index in [0.29, 0.717) is 12.1 Å². The third-order valence-electron chi connectivity index (χ3n) is 2.94. The average molecular weight is 255 g/mol. The van der Waals surface area contributed by atoms with Gasteiger partial charge >= 0.3 is 0 Å². The third kappa shape index (κ3) is 2.91. The molecular formula is C14H17N5. The zero-order valence-electron chi connectivity index (χ0n) is 11.4.